The minimum atomic E-state index is -3.75. The molecule has 0 atom stereocenters. The minimum Gasteiger partial charge on any atom is -0.483 e. The van der Waals surface area contributed by atoms with Crippen LogP contribution in [-0.2, 0) is 14.8 Å². The summed E-state index contributed by atoms with van der Waals surface area (Å²) in [4.78, 5) is 12.2. The fourth-order valence-corrected chi connectivity index (χ4v) is 4.14. The zero-order chi connectivity index (χ0) is 22.6. The Morgan fingerprint density at radius 2 is 1.58 bits per heavy atom. The molecule has 3 aromatic rings. The molecule has 6 nitrogen and oxygen atoms in total. The van der Waals surface area contributed by atoms with Crippen LogP contribution < -0.4 is 14.8 Å². The van der Waals surface area contributed by atoms with Gasteiger partial charge < -0.3 is 10.1 Å². The van der Waals surface area contributed by atoms with Crippen LogP contribution in [0, 0.1) is 13.8 Å². The second-order valence-corrected chi connectivity index (χ2v) is 9.36. The number of hydrogen-bond acceptors (Lipinski definition) is 4. The Morgan fingerprint density at radius 3 is 2.23 bits per heavy atom. The molecule has 0 heterocycles. The van der Waals surface area contributed by atoms with Gasteiger partial charge in [-0.3, -0.25) is 9.52 Å². The van der Waals surface area contributed by atoms with Crippen LogP contribution in [0.3, 0.4) is 0 Å². The van der Waals surface area contributed by atoms with Gasteiger partial charge in [0.25, 0.3) is 15.9 Å². The molecule has 0 radical (unpaired) electrons. The summed E-state index contributed by atoms with van der Waals surface area (Å²) in [6.07, 6.45) is 0. The SMILES string of the molecule is Cc1ccc(NS(=O)(=O)c2ccc(OCC(=O)Nc3ccc(Cl)c(Cl)c3)c(C)c2)cc1. The highest BCUT2D eigenvalue weighted by Crippen LogP contribution is 2.26. The summed E-state index contributed by atoms with van der Waals surface area (Å²) in [5.74, 6) is 0.00843. The van der Waals surface area contributed by atoms with E-state index in [0.717, 1.165) is 5.56 Å². The fraction of sp³-hybridized carbons (Fsp3) is 0.136. The van der Waals surface area contributed by atoms with Crippen molar-refractivity contribution in [2.24, 2.45) is 0 Å². The number of amides is 1. The lowest BCUT2D eigenvalue weighted by Crippen LogP contribution is -2.20. The predicted molar refractivity (Wildman–Crippen MR) is 124 cm³/mol. The van der Waals surface area contributed by atoms with Gasteiger partial charge in [0.1, 0.15) is 5.75 Å². The van der Waals surface area contributed by atoms with Crippen LogP contribution in [0.2, 0.25) is 10.0 Å². The first-order chi connectivity index (χ1) is 14.6. The lowest BCUT2D eigenvalue weighted by molar-refractivity contribution is -0.118. The number of ether oxygens (including phenoxy) is 1. The average molecular weight is 479 g/mol. The number of benzene rings is 3. The Kier molecular flexibility index (Phi) is 7.10. The maximum atomic E-state index is 12.6. The van der Waals surface area contributed by atoms with Gasteiger partial charge >= 0.3 is 0 Å². The van der Waals surface area contributed by atoms with E-state index < -0.39 is 15.9 Å². The van der Waals surface area contributed by atoms with E-state index in [0.29, 0.717) is 32.7 Å². The van der Waals surface area contributed by atoms with Gasteiger partial charge in [-0.25, -0.2) is 8.42 Å². The summed E-state index contributed by atoms with van der Waals surface area (Å²) in [5.41, 5.74) is 2.57. The van der Waals surface area contributed by atoms with E-state index in [4.69, 9.17) is 27.9 Å². The number of hydrogen-bond donors (Lipinski definition) is 2. The topological polar surface area (TPSA) is 84.5 Å². The van der Waals surface area contributed by atoms with Gasteiger partial charge in [-0.15, -0.1) is 0 Å². The van der Waals surface area contributed by atoms with E-state index in [2.05, 4.69) is 10.0 Å². The van der Waals surface area contributed by atoms with Crippen molar-refractivity contribution in [3.05, 3.63) is 81.8 Å². The van der Waals surface area contributed by atoms with Crippen molar-refractivity contribution in [3.63, 3.8) is 0 Å². The summed E-state index contributed by atoms with van der Waals surface area (Å²) < 4.78 is 33.3. The summed E-state index contributed by atoms with van der Waals surface area (Å²) in [5, 5.41) is 3.37. The molecule has 3 aromatic carbocycles. The second-order valence-electron chi connectivity index (χ2n) is 6.86. The third-order valence-electron chi connectivity index (χ3n) is 4.32. The van der Waals surface area contributed by atoms with Gasteiger partial charge in [0, 0.05) is 11.4 Å². The van der Waals surface area contributed by atoms with Gasteiger partial charge in [-0.2, -0.15) is 0 Å². The molecule has 3 rings (SSSR count). The molecule has 162 valence electrons. The maximum absolute atomic E-state index is 12.6. The predicted octanol–water partition coefficient (Wildman–Crippen LogP) is 5.43. The number of nitrogens with one attached hydrogen (secondary N) is 2. The Bertz CT molecular complexity index is 1210. The van der Waals surface area contributed by atoms with Crippen molar-refractivity contribution in [3.8, 4) is 5.75 Å². The molecule has 0 aromatic heterocycles. The lowest BCUT2D eigenvalue weighted by Gasteiger charge is -2.13. The Hall–Kier alpha value is -2.74. The highest BCUT2D eigenvalue weighted by Gasteiger charge is 2.16. The molecule has 0 bridgehead atoms. The standard InChI is InChI=1S/C22H20Cl2N2O4S/c1-14-3-5-16(6-4-14)26-31(28,29)18-8-10-21(15(2)11-18)30-13-22(27)25-17-7-9-19(23)20(24)12-17/h3-12,26H,13H2,1-2H3,(H,25,27). The van der Waals surface area contributed by atoms with Crippen LogP contribution in [0.4, 0.5) is 11.4 Å². The number of aryl methyl sites for hydroxylation is 2. The lowest BCUT2D eigenvalue weighted by atomic mass is 10.2. The molecule has 0 aliphatic heterocycles. The van der Waals surface area contributed by atoms with Crippen molar-refractivity contribution in [1.82, 2.24) is 0 Å². The van der Waals surface area contributed by atoms with Crippen LogP contribution in [0.25, 0.3) is 0 Å². The molecular weight excluding hydrogens is 459 g/mol. The molecule has 0 saturated heterocycles. The first-order valence-corrected chi connectivity index (χ1v) is 11.5. The summed E-state index contributed by atoms with van der Waals surface area (Å²) in [7, 11) is -3.75. The van der Waals surface area contributed by atoms with Gasteiger partial charge in [-0.05, 0) is 67.9 Å². The van der Waals surface area contributed by atoms with Crippen molar-refractivity contribution in [2.45, 2.75) is 18.7 Å². The van der Waals surface area contributed by atoms with Crippen LogP contribution in [0.1, 0.15) is 11.1 Å². The van der Waals surface area contributed by atoms with Crippen molar-refractivity contribution < 1.29 is 17.9 Å². The number of rotatable bonds is 7. The summed E-state index contributed by atoms with van der Waals surface area (Å²) in [6, 6.07) is 16.2. The van der Waals surface area contributed by atoms with Crippen molar-refractivity contribution in [2.75, 3.05) is 16.6 Å². The average Bonchev–Trinajstić information content (AvgIpc) is 2.71. The van der Waals surface area contributed by atoms with Gasteiger partial charge in [0.05, 0.1) is 14.9 Å². The van der Waals surface area contributed by atoms with Crippen LogP contribution in [0.15, 0.2) is 65.6 Å². The third kappa shape index (κ3) is 6.13. The summed E-state index contributed by atoms with van der Waals surface area (Å²) in [6.45, 7) is 3.37. The Labute approximate surface area is 191 Å². The zero-order valence-electron chi connectivity index (χ0n) is 16.8. The maximum Gasteiger partial charge on any atom is 0.262 e. The number of sulfonamides is 1. The largest absolute Gasteiger partial charge is 0.483 e. The molecule has 0 fully saturated rings. The quantitative estimate of drug-likeness (QED) is 0.474. The minimum absolute atomic E-state index is 0.0955. The van der Waals surface area contributed by atoms with Crippen LogP contribution in [-0.4, -0.2) is 20.9 Å². The fourth-order valence-electron chi connectivity index (χ4n) is 2.70. The number of halogens is 2. The van der Waals surface area contributed by atoms with Gasteiger partial charge in [0.2, 0.25) is 0 Å². The number of anilines is 2. The van der Waals surface area contributed by atoms with Gasteiger partial charge in [-0.1, -0.05) is 40.9 Å². The molecule has 1 amide bonds. The summed E-state index contributed by atoms with van der Waals surface area (Å²) >= 11 is 11.8. The normalized spacial score (nSPS) is 11.1. The Morgan fingerprint density at radius 1 is 0.903 bits per heavy atom. The van der Waals surface area contributed by atoms with E-state index in [9.17, 15) is 13.2 Å². The van der Waals surface area contributed by atoms with Crippen LogP contribution in [0.5, 0.6) is 5.75 Å². The van der Waals surface area contributed by atoms with E-state index in [1.165, 1.54) is 24.3 Å². The third-order valence-corrected chi connectivity index (χ3v) is 6.44. The van der Waals surface area contributed by atoms with E-state index in [1.807, 2.05) is 19.1 Å². The first-order valence-electron chi connectivity index (χ1n) is 9.22. The smallest absolute Gasteiger partial charge is 0.262 e. The van der Waals surface area contributed by atoms with Gasteiger partial charge in [0.15, 0.2) is 6.61 Å². The molecule has 0 spiro atoms. The highest BCUT2D eigenvalue weighted by molar-refractivity contribution is 7.92. The van der Waals surface area contributed by atoms with E-state index in [-0.39, 0.29) is 11.5 Å². The van der Waals surface area contributed by atoms with E-state index >= 15 is 0 Å². The molecular formula is C22H20Cl2N2O4S. The molecule has 2 N–H and O–H groups in total. The highest BCUT2D eigenvalue weighted by atomic mass is 35.5. The molecule has 0 saturated carbocycles. The zero-order valence-corrected chi connectivity index (χ0v) is 19.1. The molecule has 9 heteroatoms. The molecule has 0 aliphatic rings. The monoisotopic (exact) mass is 478 g/mol. The molecule has 31 heavy (non-hydrogen) atoms. The van der Waals surface area contributed by atoms with Crippen LogP contribution >= 0.6 is 23.2 Å². The number of carbonyl (C=O) groups is 1. The molecule has 0 aliphatic carbocycles. The van der Waals surface area contributed by atoms with E-state index in [1.54, 1.807) is 31.2 Å². The second kappa shape index (κ2) is 9.60. The molecule has 0 unspecified atom stereocenters. The van der Waals surface area contributed by atoms with Crippen molar-refractivity contribution >= 4 is 50.5 Å². The first kappa shape index (κ1) is 22.9. The van der Waals surface area contributed by atoms with Crippen molar-refractivity contribution in [1.29, 1.82) is 0 Å². The number of carbonyl (C=O) groups excluding carboxylic acids is 1. The Balaban J connectivity index is 1.64.